The maximum absolute atomic E-state index is 11.7. The number of carbonyl (C=O) groups is 1. The Morgan fingerprint density at radius 3 is 2.83 bits per heavy atom. The predicted octanol–water partition coefficient (Wildman–Crippen LogP) is 2.11. The first kappa shape index (κ1) is 15.7. The van der Waals surface area contributed by atoms with Crippen LogP contribution in [0.15, 0.2) is 24.3 Å². The molecule has 3 nitrogen and oxygen atoms in total. The first-order valence-corrected chi connectivity index (χ1v) is 7.00. The van der Waals surface area contributed by atoms with Gasteiger partial charge in [-0.15, -0.1) is 12.4 Å². The lowest BCUT2D eigenvalue weighted by atomic mass is 10.1. The zero-order chi connectivity index (χ0) is 12.3. The molecule has 18 heavy (non-hydrogen) atoms. The van der Waals surface area contributed by atoms with E-state index >= 15 is 0 Å². The molecule has 1 atom stereocenters. The van der Waals surface area contributed by atoms with Crippen molar-refractivity contribution in [3.63, 3.8) is 0 Å². The molecule has 3 N–H and O–H groups in total. The number of rotatable bonds is 5. The van der Waals surface area contributed by atoms with E-state index in [4.69, 9.17) is 5.73 Å². The Balaban J connectivity index is 0.00000162. The fourth-order valence-electron chi connectivity index (χ4n) is 1.82. The van der Waals surface area contributed by atoms with E-state index in [9.17, 15) is 4.79 Å². The highest BCUT2D eigenvalue weighted by Crippen LogP contribution is 2.31. The van der Waals surface area contributed by atoms with Crippen LogP contribution in [0.1, 0.15) is 18.4 Å². The molecular weight excluding hydrogens is 363 g/mol. The van der Waals surface area contributed by atoms with Crippen molar-refractivity contribution in [2.75, 3.05) is 6.54 Å². The minimum absolute atomic E-state index is 0. The van der Waals surface area contributed by atoms with Crippen LogP contribution in [-0.2, 0) is 11.2 Å². The second kappa shape index (κ2) is 7.31. The lowest BCUT2D eigenvalue weighted by molar-refractivity contribution is -0.120. The van der Waals surface area contributed by atoms with E-state index in [-0.39, 0.29) is 24.4 Å². The smallest absolute Gasteiger partial charge is 0.224 e. The molecule has 0 spiro atoms. The number of carbonyl (C=O) groups excluding carboxylic acids is 1. The van der Waals surface area contributed by atoms with Gasteiger partial charge in [0, 0.05) is 16.2 Å². The van der Waals surface area contributed by atoms with Gasteiger partial charge in [0.1, 0.15) is 0 Å². The first-order chi connectivity index (χ1) is 8.15. The third kappa shape index (κ3) is 5.12. The van der Waals surface area contributed by atoms with Gasteiger partial charge >= 0.3 is 0 Å². The summed E-state index contributed by atoms with van der Waals surface area (Å²) in [5.74, 6) is 0.691. The Morgan fingerprint density at radius 1 is 1.50 bits per heavy atom. The van der Waals surface area contributed by atoms with Gasteiger partial charge in [0.15, 0.2) is 0 Å². The van der Waals surface area contributed by atoms with Crippen LogP contribution in [0.2, 0.25) is 0 Å². The first-order valence-electron chi connectivity index (χ1n) is 5.92. The van der Waals surface area contributed by atoms with Gasteiger partial charge in [0.05, 0.1) is 6.42 Å². The maximum atomic E-state index is 11.7. The monoisotopic (exact) mass is 380 g/mol. The highest BCUT2D eigenvalue weighted by molar-refractivity contribution is 14.1. The van der Waals surface area contributed by atoms with Crippen molar-refractivity contribution < 1.29 is 4.79 Å². The molecule has 1 saturated carbocycles. The van der Waals surface area contributed by atoms with Crippen molar-refractivity contribution in [3.05, 3.63) is 33.4 Å². The molecule has 1 aliphatic rings. The van der Waals surface area contributed by atoms with Crippen LogP contribution >= 0.6 is 35.0 Å². The molecule has 1 aromatic carbocycles. The molecule has 5 heteroatoms. The number of benzene rings is 1. The van der Waals surface area contributed by atoms with Gasteiger partial charge in [-0.2, -0.15) is 0 Å². The van der Waals surface area contributed by atoms with E-state index in [0.717, 1.165) is 9.13 Å². The average molecular weight is 381 g/mol. The second-order valence-electron chi connectivity index (χ2n) is 4.61. The molecule has 0 saturated heterocycles. The van der Waals surface area contributed by atoms with Crippen LogP contribution in [0.25, 0.3) is 0 Å². The minimum Gasteiger partial charge on any atom is -0.354 e. The third-order valence-electron chi connectivity index (χ3n) is 3.02. The van der Waals surface area contributed by atoms with Crippen LogP contribution in [0.5, 0.6) is 0 Å². The molecule has 0 bridgehead atoms. The molecule has 1 fully saturated rings. The molecule has 1 amide bonds. The number of halogens is 2. The van der Waals surface area contributed by atoms with Crippen molar-refractivity contribution >= 4 is 40.9 Å². The molecule has 0 radical (unpaired) electrons. The molecule has 1 aliphatic carbocycles. The van der Waals surface area contributed by atoms with Gasteiger partial charge in [0.2, 0.25) is 5.91 Å². The molecule has 0 aliphatic heterocycles. The molecule has 0 aromatic heterocycles. The fourth-order valence-corrected chi connectivity index (χ4v) is 2.43. The van der Waals surface area contributed by atoms with Crippen molar-refractivity contribution in [3.8, 4) is 0 Å². The largest absolute Gasteiger partial charge is 0.354 e. The van der Waals surface area contributed by atoms with E-state index in [1.54, 1.807) is 0 Å². The van der Waals surface area contributed by atoms with Crippen LogP contribution in [0, 0.1) is 9.49 Å². The van der Waals surface area contributed by atoms with E-state index in [1.165, 1.54) is 12.8 Å². The summed E-state index contributed by atoms with van der Waals surface area (Å²) in [4.78, 5) is 11.7. The van der Waals surface area contributed by atoms with Gasteiger partial charge in [-0.25, -0.2) is 0 Å². The quantitative estimate of drug-likeness (QED) is 0.769. The average Bonchev–Trinajstić information content (AvgIpc) is 3.09. The number of hydrogen-bond acceptors (Lipinski definition) is 2. The van der Waals surface area contributed by atoms with Crippen molar-refractivity contribution in [2.45, 2.75) is 25.3 Å². The lowest BCUT2D eigenvalue weighted by Gasteiger charge is -2.11. The SMILES string of the molecule is Cl.NC(CNC(=O)Cc1cccc(I)c1)C1CC1. The molecule has 2 rings (SSSR count). The summed E-state index contributed by atoms with van der Waals surface area (Å²) in [7, 11) is 0. The van der Waals surface area contributed by atoms with Gasteiger partial charge in [-0.1, -0.05) is 12.1 Å². The van der Waals surface area contributed by atoms with Crippen molar-refractivity contribution in [2.24, 2.45) is 11.7 Å². The molecular formula is C13H18ClIN2O. The summed E-state index contributed by atoms with van der Waals surface area (Å²) < 4.78 is 1.16. The third-order valence-corrected chi connectivity index (χ3v) is 3.69. The minimum atomic E-state index is 0. The Labute approximate surface area is 127 Å². The molecule has 100 valence electrons. The number of nitrogens with two attached hydrogens (primary N) is 1. The van der Waals surface area contributed by atoms with Gasteiger partial charge < -0.3 is 11.1 Å². The second-order valence-corrected chi connectivity index (χ2v) is 5.86. The van der Waals surface area contributed by atoms with Crippen LogP contribution in [-0.4, -0.2) is 18.5 Å². The van der Waals surface area contributed by atoms with Gasteiger partial charge in [-0.3, -0.25) is 4.79 Å². The van der Waals surface area contributed by atoms with Crippen LogP contribution in [0.3, 0.4) is 0 Å². The normalized spacial score (nSPS) is 15.7. The highest BCUT2D eigenvalue weighted by Gasteiger charge is 2.28. The molecule has 0 heterocycles. The summed E-state index contributed by atoms with van der Waals surface area (Å²) in [6.07, 6.45) is 2.87. The zero-order valence-electron chi connectivity index (χ0n) is 10.1. The highest BCUT2D eigenvalue weighted by atomic mass is 127. The van der Waals surface area contributed by atoms with Crippen molar-refractivity contribution in [1.29, 1.82) is 0 Å². The standard InChI is InChI=1S/C13H17IN2O.ClH/c14-11-3-1-2-9(6-11)7-13(17)16-8-12(15)10-4-5-10;/h1-3,6,10,12H,4-5,7-8,15H2,(H,16,17);1H. The van der Waals surface area contributed by atoms with Crippen molar-refractivity contribution in [1.82, 2.24) is 5.32 Å². The van der Waals surface area contributed by atoms with E-state index < -0.39 is 0 Å². The number of amides is 1. The molecule has 1 unspecified atom stereocenters. The predicted molar refractivity (Wildman–Crippen MR) is 83.8 cm³/mol. The molecule has 1 aromatic rings. The fraction of sp³-hybridized carbons (Fsp3) is 0.462. The van der Waals surface area contributed by atoms with Crippen LogP contribution < -0.4 is 11.1 Å². The van der Waals surface area contributed by atoms with Gasteiger partial charge in [-0.05, 0) is 59.0 Å². The van der Waals surface area contributed by atoms with E-state index in [0.29, 0.717) is 18.9 Å². The van der Waals surface area contributed by atoms with Crippen LogP contribution in [0.4, 0.5) is 0 Å². The Hall–Kier alpha value is -0.330. The zero-order valence-corrected chi connectivity index (χ0v) is 13.0. The summed E-state index contributed by atoms with van der Waals surface area (Å²) in [5, 5.41) is 2.91. The Bertz CT molecular complexity index is 410. The van der Waals surface area contributed by atoms with E-state index in [2.05, 4.69) is 27.9 Å². The summed E-state index contributed by atoms with van der Waals surface area (Å²) in [5.41, 5.74) is 6.98. The maximum Gasteiger partial charge on any atom is 0.224 e. The lowest BCUT2D eigenvalue weighted by Crippen LogP contribution is -2.39. The number of hydrogen-bond donors (Lipinski definition) is 2. The summed E-state index contributed by atoms with van der Waals surface area (Å²) in [6, 6.07) is 8.13. The number of nitrogens with one attached hydrogen (secondary N) is 1. The summed E-state index contributed by atoms with van der Waals surface area (Å²) >= 11 is 2.25. The Morgan fingerprint density at radius 2 is 2.22 bits per heavy atom. The van der Waals surface area contributed by atoms with E-state index in [1.807, 2.05) is 24.3 Å². The Kier molecular flexibility index (Phi) is 6.38. The topological polar surface area (TPSA) is 55.1 Å². The van der Waals surface area contributed by atoms with Gasteiger partial charge in [0.25, 0.3) is 0 Å². The summed E-state index contributed by atoms with van der Waals surface area (Å²) in [6.45, 7) is 0.605.